The van der Waals surface area contributed by atoms with Gasteiger partial charge in [0.05, 0.1) is 12.1 Å². The van der Waals surface area contributed by atoms with Crippen molar-refractivity contribution in [1.29, 1.82) is 0 Å². The van der Waals surface area contributed by atoms with E-state index in [4.69, 9.17) is 11.6 Å². The van der Waals surface area contributed by atoms with E-state index in [1.165, 1.54) is 73.3 Å². The molecule has 386 valence electrons. The monoisotopic (exact) mass is 1030 g/mol. The van der Waals surface area contributed by atoms with Crippen LogP contribution in [0.1, 0.15) is 155 Å². The molecule has 2 aliphatic rings. The van der Waals surface area contributed by atoms with Crippen molar-refractivity contribution in [2.75, 3.05) is 16.3 Å². The Morgan fingerprint density at radius 2 is 1.13 bits per heavy atom. The number of anilines is 2. The van der Waals surface area contributed by atoms with Crippen molar-refractivity contribution in [3.8, 4) is 29.4 Å². The lowest BCUT2D eigenvalue weighted by Gasteiger charge is -2.29. The van der Waals surface area contributed by atoms with Gasteiger partial charge in [-0.25, -0.2) is 18.8 Å². The van der Waals surface area contributed by atoms with Gasteiger partial charge in [0.25, 0.3) is 5.91 Å². The number of aromatic carboxylic acids is 2. The number of aryl methyl sites for hydroxylation is 1. The van der Waals surface area contributed by atoms with E-state index in [1.54, 1.807) is 47.4 Å². The summed E-state index contributed by atoms with van der Waals surface area (Å²) < 4.78 is 14.1. The summed E-state index contributed by atoms with van der Waals surface area (Å²) in [6, 6.07) is 38.1. The van der Waals surface area contributed by atoms with Crippen molar-refractivity contribution in [1.82, 2.24) is 5.32 Å². The number of rotatable bonds is 15. The molecule has 2 aliphatic carbocycles. The molecule has 0 radical (unpaired) electrons. The maximum Gasteiger partial charge on any atom is 0.339 e. The van der Waals surface area contributed by atoms with Crippen LogP contribution in [-0.4, -0.2) is 51.8 Å². The van der Waals surface area contributed by atoms with Gasteiger partial charge in [-0.05, 0) is 159 Å². The second-order valence-corrected chi connectivity index (χ2v) is 19.6. The van der Waals surface area contributed by atoms with Crippen LogP contribution in [0.2, 0.25) is 5.02 Å². The first-order valence-electron chi connectivity index (χ1n) is 25.9. The number of halogens is 2. The van der Waals surface area contributed by atoms with Gasteiger partial charge in [-0.3, -0.25) is 9.69 Å². The van der Waals surface area contributed by atoms with Crippen LogP contribution < -0.4 is 15.1 Å². The normalized spacial score (nSPS) is 13.2. The van der Waals surface area contributed by atoms with Crippen molar-refractivity contribution in [2.45, 2.75) is 109 Å². The molecule has 75 heavy (non-hydrogen) atoms. The summed E-state index contributed by atoms with van der Waals surface area (Å²) >= 11 is 5.92. The van der Waals surface area contributed by atoms with E-state index in [9.17, 15) is 38.9 Å². The highest BCUT2D eigenvalue weighted by atomic mass is 35.5. The molecule has 0 aliphatic heterocycles. The molecule has 6 aromatic carbocycles. The number of carboxylic acids is 2. The fourth-order valence-corrected chi connectivity index (χ4v) is 9.49. The summed E-state index contributed by atoms with van der Waals surface area (Å²) in [4.78, 5) is 52.8. The molecule has 0 saturated heterocycles. The molecule has 0 atom stereocenters. The zero-order valence-corrected chi connectivity index (χ0v) is 43.1. The number of hydrogen-bond donors (Lipinski definition) is 4. The summed E-state index contributed by atoms with van der Waals surface area (Å²) in [6.45, 7) is 2.88. The molecule has 8 rings (SSSR count). The van der Waals surface area contributed by atoms with Crippen LogP contribution in [-0.2, 0) is 13.0 Å². The molecule has 4 N–H and O–H groups in total. The van der Waals surface area contributed by atoms with Gasteiger partial charge in [-0.2, -0.15) is 0 Å². The van der Waals surface area contributed by atoms with Crippen molar-refractivity contribution >= 4 is 46.9 Å². The van der Waals surface area contributed by atoms with Gasteiger partial charge in [-0.1, -0.05) is 118 Å². The Morgan fingerprint density at radius 3 is 1.69 bits per heavy atom. The number of carbonyl (C=O) groups is 4. The van der Waals surface area contributed by atoms with E-state index in [0.29, 0.717) is 34.4 Å². The van der Waals surface area contributed by atoms with Gasteiger partial charge in [0.15, 0.2) is 0 Å². The Labute approximate surface area is 444 Å². The summed E-state index contributed by atoms with van der Waals surface area (Å²) in [5.41, 5.74) is 6.23. The first-order valence-corrected chi connectivity index (χ1v) is 26.3. The van der Waals surface area contributed by atoms with Crippen LogP contribution in [0.4, 0.5) is 20.6 Å². The number of urea groups is 1. The Bertz CT molecular complexity index is 3030. The van der Waals surface area contributed by atoms with E-state index >= 15 is 0 Å². The minimum absolute atomic E-state index is 0.0755. The van der Waals surface area contributed by atoms with Crippen LogP contribution in [0, 0.1) is 35.4 Å². The third kappa shape index (κ3) is 16.3. The molecule has 3 amide bonds. The Hall–Kier alpha value is -7.86. The van der Waals surface area contributed by atoms with Crippen molar-refractivity contribution in [3.63, 3.8) is 0 Å². The van der Waals surface area contributed by atoms with Crippen LogP contribution in [0.15, 0.2) is 133 Å². The highest BCUT2D eigenvalue weighted by molar-refractivity contribution is 6.30. The number of nitrogens with zero attached hydrogens (tertiary/aromatic N) is 2. The van der Waals surface area contributed by atoms with E-state index in [-0.39, 0.29) is 35.8 Å². The fraction of sp³-hybridized carbons (Fsp3) is 0.302. The summed E-state index contributed by atoms with van der Waals surface area (Å²) in [6.07, 6.45) is 15.4. The Morgan fingerprint density at radius 1 is 0.613 bits per heavy atom. The first-order chi connectivity index (χ1) is 36.3. The molecule has 0 spiro atoms. The smallest absolute Gasteiger partial charge is 0.339 e. The number of phenols is 1. The van der Waals surface area contributed by atoms with Gasteiger partial charge in [0.1, 0.15) is 17.1 Å². The van der Waals surface area contributed by atoms with Crippen molar-refractivity contribution < 1.29 is 38.9 Å². The highest BCUT2D eigenvalue weighted by Gasteiger charge is 2.25. The molecule has 0 heterocycles. The lowest BCUT2D eigenvalue weighted by Crippen LogP contribution is -2.45. The molecule has 0 unspecified atom stereocenters. The lowest BCUT2D eigenvalue weighted by molar-refractivity contribution is 0.0681. The van der Waals surface area contributed by atoms with E-state index in [0.717, 1.165) is 85.3 Å². The average Bonchev–Trinajstić information content (AvgIpc) is 3.95. The number of hydrogen-bond acceptors (Lipinski definition) is 5. The van der Waals surface area contributed by atoms with Crippen molar-refractivity contribution in [2.24, 2.45) is 5.92 Å². The van der Waals surface area contributed by atoms with Gasteiger partial charge in [0.2, 0.25) is 0 Å². The quantitative estimate of drug-likeness (QED) is 0.0749. The van der Waals surface area contributed by atoms with Gasteiger partial charge >= 0.3 is 18.0 Å². The standard InChI is InChI=1S/C33H35FN2O3.C30H28ClNO4/c1-2-3-7-24-10-12-25(13-11-24)14-15-26-16-18-27(19-17-26)23-36(33(39)35-28-8-5-4-6-9-28)29-20-21-31(34)30(22-29)32(37)38;31-25-15-11-23(12-16-25)8-7-22-9-13-24(14-10-22)29(34)32(19-3-6-21-4-1-2-5-21)26-17-18-27(30(35)36)28(33)20-26/h10-13,16-22,28H,2-9,23H2,1H3,(H,35,39)(H,37,38);9-18,20-21,33H,1-6,19H2,(H,35,36). The van der Waals surface area contributed by atoms with Crippen LogP contribution in [0.5, 0.6) is 5.75 Å². The Kier molecular flexibility index (Phi) is 20.1. The van der Waals surface area contributed by atoms with Crippen LogP contribution in [0.3, 0.4) is 0 Å². The minimum atomic E-state index is -1.37. The molecule has 10 nitrogen and oxygen atoms in total. The molecule has 12 heteroatoms. The van der Waals surface area contributed by atoms with E-state index < -0.39 is 23.3 Å². The zero-order chi connectivity index (χ0) is 53.1. The Balaban J connectivity index is 0.000000219. The number of aromatic hydroxyl groups is 1. The second kappa shape index (κ2) is 27.4. The first kappa shape index (κ1) is 54.9. The van der Waals surface area contributed by atoms with Crippen LogP contribution in [0.25, 0.3) is 0 Å². The summed E-state index contributed by atoms with van der Waals surface area (Å²) in [5.74, 6) is 9.27. The largest absolute Gasteiger partial charge is 0.507 e. The maximum atomic E-state index is 14.1. The molecule has 2 saturated carbocycles. The SMILES string of the molecule is CCCCc1ccc(C#Cc2ccc(CN(C(=O)NC3CCCCC3)c3ccc(F)c(C(=O)O)c3)cc2)cc1.O=C(O)c1ccc(N(CCCC2CCCC2)C(=O)c2ccc(C#Cc3ccc(Cl)cc3)cc2)cc1O. The lowest BCUT2D eigenvalue weighted by atomic mass is 9.96. The topological polar surface area (TPSA) is 147 Å². The molecule has 0 aromatic heterocycles. The number of nitrogens with one attached hydrogen (secondary N) is 1. The molecule has 6 aromatic rings. The number of benzene rings is 6. The fourth-order valence-electron chi connectivity index (χ4n) is 9.36. The molecule has 0 bridgehead atoms. The molecular formula is C63H63ClFN3O7. The number of unbranched alkanes of at least 4 members (excludes halogenated alkanes) is 1. The molecular weight excluding hydrogens is 965 g/mol. The molecule has 2 fully saturated rings. The third-order valence-electron chi connectivity index (χ3n) is 13.7. The minimum Gasteiger partial charge on any atom is -0.507 e. The third-order valence-corrected chi connectivity index (χ3v) is 13.9. The number of amides is 3. The van der Waals surface area contributed by atoms with Gasteiger partial charge in [0, 0.05) is 62.9 Å². The van der Waals surface area contributed by atoms with E-state index in [2.05, 4.69) is 48.1 Å². The predicted molar refractivity (Wildman–Crippen MR) is 294 cm³/mol. The van der Waals surface area contributed by atoms with E-state index in [1.807, 2.05) is 48.5 Å². The number of carbonyl (C=O) groups excluding carboxylic acids is 2. The zero-order valence-electron chi connectivity index (χ0n) is 42.3. The van der Waals surface area contributed by atoms with Crippen LogP contribution >= 0.6 is 11.6 Å². The average molecular weight is 1030 g/mol. The van der Waals surface area contributed by atoms with Crippen molar-refractivity contribution in [3.05, 3.63) is 194 Å². The summed E-state index contributed by atoms with van der Waals surface area (Å²) in [7, 11) is 0. The summed E-state index contributed by atoms with van der Waals surface area (Å²) in [5, 5.41) is 32.6. The predicted octanol–water partition coefficient (Wildman–Crippen LogP) is 14.1. The maximum absolute atomic E-state index is 14.1. The highest BCUT2D eigenvalue weighted by Crippen LogP contribution is 2.31. The van der Waals surface area contributed by atoms with Gasteiger partial charge in [-0.15, -0.1) is 0 Å². The second-order valence-electron chi connectivity index (χ2n) is 19.2. The number of carboxylic acid groups (broad SMARTS) is 2. The van der Waals surface area contributed by atoms with Gasteiger partial charge < -0.3 is 25.5 Å².